The largest absolute Gasteiger partial charge is 0.442 e. The summed E-state index contributed by atoms with van der Waals surface area (Å²) in [6, 6.07) is 9.29. The molecule has 0 unspecified atom stereocenters. The molecule has 0 saturated carbocycles. The normalized spacial score (nSPS) is 10.4. The number of hydrogen-bond acceptors (Lipinski definition) is 5. The molecule has 3 aromatic rings. The van der Waals surface area contributed by atoms with Crippen molar-refractivity contribution in [3.05, 3.63) is 70.2 Å². The van der Waals surface area contributed by atoms with Crippen LogP contribution in [0.15, 0.2) is 52.0 Å². The van der Waals surface area contributed by atoms with Crippen molar-refractivity contribution < 1.29 is 8.91 Å². The van der Waals surface area contributed by atoms with E-state index in [9.17, 15) is 9.18 Å². The van der Waals surface area contributed by atoms with Crippen molar-refractivity contribution in [1.29, 1.82) is 5.26 Å². The summed E-state index contributed by atoms with van der Waals surface area (Å²) < 4.78 is 19.6. The summed E-state index contributed by atoms with van der Waals surface area (Å²) in [6.45, 7) is 0.0859. The predicted molar refractivity (Wildman–Crippen MR) is 74.2 cm³/mol. The molecule has 0 fully saturated rings. The first-order valence-corrected chi connectivity index (χ1v) is 6.34. The van der Waals surface area contributed by atoms with E-state index in [1.165, 1.54) is 16.7 Å². The zero-order chi connectivity index (χ0) is 15.5. The van der Waals surface area contributed by atoms with Gasteiger partial charge in [-0.1, -0.05) is 11.2 Å². The van der Waals surface area contributed by atoms with Crippen LogP contribution in [-0.2, 0) is 6.54 Å². The quantitative estimate of drug-likeness (QED) is 0.737. The fraction of sp³-hybridized carbons (Fsp3) is 0.0667. The average molecular weight is 296 g/mol. The molecule has 0 N–H and O–H groups in total. The molecule has 2 heterocycles. The minimum Gasteiger partial charge on any atom is -0.295 e. The van der Waals surface area contributed by atoms with Gasteiger partial charge in [-0.2, -0.15) is 5.26 Å². The average Bonchev–Trinajstić information content (AvgIpc) is 2.89. The summed E-state index contributed by atoms with van der Waals surface area (Å²) in [5.74, 6) is -0.941. The molecule has 0 aliphatic rings. The van der Waals surface area contributed by atoms with E-state index in [4.69, 9.17) is 5.26 Å². The van der Waals surface area contributed by atoms with E-state index in [-0.39, 0.29) is 12.1 Å². The standard InChI is InChI=1S/C15H9FN4O2/c16-13-7-10(1-2-12(13)8-17)9-20-14(19-22-15(20)21)11-3-5-18-6-4-11/h1-7H,9H2. The molecule has 0 spiro atoms. The molecular formula is C15H9FN4O2. The molecule has 22 heavy (non-hydrogen) atoms. The molecule has 0 atom stereocenters. The van der Waals surface area contributed by atoms with Gasteiger partial charge < -0.3 is 0 Å². The second-order valence-corrected chi connectivity index (χ2v) is 4.52. The van der Waals surface area contributed by atoms with Gasteiger partial charge in [-0.05, 0) is 29.8 Å². The molecule has 7 heteroatoms. The Bertz CT molecular complexity index is 909. The van der Waals surface area contributed by atoms with Crippen molar-refractivity contribution >= 4 is 0 Å². The predicted octanol–water partition coefficient (Wildman–Crippen LogP) is 1.96. The van der Waals surface area contributed by atoms with E-state index < -0.39 is 11.6 Å². The summed E-state index contributed by atoms with van der Waals surface area (Å²) in [5, 5.41) is 12.5. The van der Waals surface area contributed by atoms with Crippen molar-refractivity contribution in [2.75, 3.05) is 0 Å². The van der Waals surface area contributed by atoms with E-state index in [2.05, 4.69) is 14.7 Å². The number of hydrogen-bond donors (Lipinski definition) is 0. The monoisotopic (exact) mass is 296 g/mol. The number of pyridine rings is 1. The van der Waals surface area contributed by atoms with Gasteiger partial charge in [0, 0.05) is 18.0 Å². The Morgan fingerprint density at radius 3 is 2.73 bits per heavy atom. The summed E-state index contributed by atoms with van der Waals surface area (Å²) in [5.41, 5.74) is 1.14. The number of rotatable bonds is 3. The van der Waals surface area contributed by atoms with E-state index >= 15 is 0 Å². The van der Waals surface area contributed by atoms with Gasteiger partial charge in [0.2, 0.25) is 0 Å². The third kappa shape index (κ3) is 2.50. The molecule has 0 bridgehead atoms. The Kier molecular flexibility index (Phi) is 3.50. The van der Waals surface area contributed by atoms with E-state index in [1.807, 2.05) is 0 Å². The van der Waals surface area contributed by atoms with E-state index in [1.54, 1.807) is 36.7 Å². The molecule has 3 rings (SSSR count). The zero-order valence-electron chi connectivity index (χ0n) is 11.2. The van der Waals surface area contributed by atoms with E-state index in [0.717, 1.165) is 0 Å². The number of nitrogens with zero attached hydrogens (tertiary/aromatic N) is 4. The molecular weight excluding hydrogens is 287 g/mol. The molecule has 0 aliphatic carbocycles. The lowest BCUT2D eigenvalue weighted by Crippen LogP contribution is -2.16. The second-order valence-electron chi connectivity index (χ2n) is 4.52. The van der Waals surface area contributed by atoms with Crippen molar-refractivity contribution in [2.24, 2.45) is 0 Å². The molecule has 0 radical (unpaired) electrons. The summed E-state index contributed by atoms with van der Waals surface area (Å²) in [7, 11) is 0. The third-order valence-corrected chi connectivity index (χ3v) is 3.12. The van der Waals surface area contributed by atoms with Crippen LogP contribution in [0.3, 0.4) is 0 Å². The van der Waals surface area contributed by atoms with Crippen LogP contribution < -0.4 is 5.76 Å². The van der Waals surface area contributed by atoms with Gasteiger partial charge in [-0.15, -0.1) is 0 Å². The van der Waals surface area contributed by atoms with Gasteiger partial charge in [0.05, 0.1) is 12.1 Å². The molecule has 6 nitrogen and oxygen atoms in total. The maximum absolute atomic E-state index is 13.6. The van der Waals surface area contributed by atoms with Crippen molar-refractivity contribution in [3.63, 3.8) is 0 Å². The van der Waals surface area contributed by atoms with E-state index in [0.29, 0.717) is 17.0 Å². The second kappa shape index (κ2) is 5.61. The molecule has 1 aromatic carbocycles. The van der Waals surface area contributed by atoms with Crippen LogP contribution in [0.4, 0.5) is 4.39 Å². The molecule has 0 saturated heterocycles. The van der Waals surface area contributed by atoms with Crippen LogP contribution >= 0.6 is 0 Å². The Morgan fingerprint density at radius 2 is 2.05 bits per heavy atom. The highest BCUT2D eigenvalue weighted by atomic mass is 19.1. The Balaban J connectivity index is 2.00. The number of nitriles is 1. The number of aromatic nitrogens is 3. The number of benzene rings is 1. The maximum Gasteiger partial charge on any atom is 0.442 e. The van der Waals surface area contributed by atoms with Gasteiger partial charge >= 0.3 is 5.76 Å². The Hall–Kier alpha value is -3.27. The van der Waals surface area contributed by atoms with Gasteiger partial charge in [0.15, 0.2) is 5.82 Å². The van der Waals surface area contributed by atoms with Crippen LogP contribution in [0, 0.1) is 17.1 Å². The molecule has 0 amide bonds. The van der Waals surface area contributed by atoms with Crippen LogP contribution in [0.1, 0.15) is 11.1 Å². The van der Waals surface area contributed by atoms with Crippen LogP contribution in [0.5, 0.6) is 0 Å². The first-order valence-electron chi connectivity index (χ1n) is 6.34. The smallest absolute Gasteiger partial charge is 0.295 e. The SMILES string of the molecule is N#Cc1ccc(Cn2c(-c3ccncc3)noc2=O)cc1F. The van der Waals surface area contributed by atoms with Crippen LogP contribution in [0.25, 0.3) is 11.4 Å². The van der Waals surface area contributed by atoms with Crippen LogP contribution in [0.2, 0.25) is 0 Å². The summed E-state index contributed by atoms with van der Waals surface area (Å²) in [4.78, 5) is 15.7. The lowest BCUT2D eigenvalue weighted by molar-refractivity contribution is 0.378. The van der Waals surface area contributed by atoms with Gasteiger partial charge in [0.1, 0.15) is 11.9 Å². The van der Waals surface area contributed by atoms with Crippen LogP contribution in [-0.4, -0.2) is 14.7 Å². The number of halogens is 1. The minimum absolute atomic E-state index is 0.0456. The van der Waals surface area contributed by atoms with Crippen molar-refractivity contribution in [2.45, 2.75) is 6.54 Å². The first-order chi connectivity index (χ1) is 10.7. The highest BCUT2D eigenvalue weighted by Crippen LogP contribution is 2.16. The van der Waals surface area contributed by atoms with Gasteiger partial charge in [0.25, 0.3) is 0 Å². The fourth-order valence-electron chi connectivity index (χ4n) is 2.05. The zero-order valence-corrected chi connectivity index (χ0v) is 11.2. The highest BCUT2D eigenvalue weighted by Gasteiger charge is 2.14. The third-order valence-electron chi connectivity index (χ3n) is 3.12. The first kappa shape index (κ1) is 13.7. The molecule has 0 aliphatic heterocycles. The van der Waals surface area contributed by atoms with Gasteiger partial charge in [-0.25, -0.2) is 9.18 Å². The molecule has 108 valence electrons. The van der Waals surface area contributed by atoms with Crippen molar-refractivity contribution in [1.82, 2.24) is 14.7 Å². The Morgan fingerprint density at radius 1 is 1.27 bits per heavy atom. The maximum atomic E-state index is 13.6. The minimum atomic E-state index is -0.642. The molecule has 2 aromatic heterocycles. The summed E-state index contributed by atoms with van der Waals surface area (Å²) in [6.07, 6.45) is 3.14. The topological polar surface area (TPSA) is 84.7 Å². The Labute approximate surface area is 124 Å². The van der Waals surface area contributed by atoms with Crippen molar-refractivity contribution in [3.8, 4) is 17.5 Å². The summed E-state index contributed by atoms with van der Waals surface area (Å²) >= 11 is 0. The lowest BCUT2D eigenvalue weighted by Gasteiger charge is -2.05. The van der Waals surface area contributed by atoms with Gasteiger partial charge in [-0.3, -0.25) is 14.1 Å². The fourth-order valence-corrected chi connectivity index (χ4v) is 2.05. The lowest BCUT2D eigenvalue weighted by atomic mass is 10.1. The highest BCUT2D eigenvalue weighted by molar-refractivity contribution is 5.53.